The highest BCUT2D eigenvalue weighted by atomic mass is 127. The van der Waals surface area contributed by atoms with E-state index in [1.807, 2.05) is 26.8 Å². The zero-order valence-electron chi connectivity index (χ0n) is 13.4. The van der Waals surface area contributed by atoms with E-state index in [0.29, 0.717) is 18.1 Å². The van der Waals surface area contributed by atoms with Crippen molar-refractivity contribution in [3.8, 4) is 0 Å². The SMILES string of the molecule is CC(C)(C)NC(N)=NCc1cccc(COCC(F)(F)F)c1.I. The number of nitrogens with zero attached hydrogens (tertiary/aromatic N) is 1. The van der Waals surface area contributed by atoms with Crippen molar-refractivity contribution in [1.82, 2.24) is 5.32 Å². The van der Waals surface area contributed by atoms with Gasteiger partial charge in [-0.1, -0.05) is 24.3 Å². The summed E-state index contributed by atoms with van der Waals surface area (Å²) in [5.74, 6) is 0.325. The summed E-state index contributed by atoms with van der Waals surface area (Å²) in [6.45, 7) is 4.91. The molecule has 132 valence electrons. The summed E-state index contributed by atoms with van der Waals surface area (Å²) >= 11 is 0. The molecule has 0 aliphatic carbocycles. The monoisotopic (exact) mass is 445 g/mol. The Hall–Kier alpha value is -1.03. The molecule has 0 aliphatic heterocycles. The largest absolute Gasteiger partial charge is 0.411 e. The van der Waals surface area contributed by atoms with Crippen molar-refractivity contribution in [3.63, 3.8) is 0 Å². The molecule has 0 unspecified atom stereocenters. The predicted molar refractivity (Wildman–Crippen MR) is 95.8 cm³/mol. The van der Waals surface area contributed by atoms with Gasteiger partial charge in [-0.3, -0.25) is 0 Å². The van der Waals surface area contributed by atoms with Gasteiger partial charge < -0.3 is 15.8 Å². The molecular weight excluding hydrogens is 422 g/mol. The molecule has 0 atom stereocenters. The van der Waals surface area contributed by atoms with E-state index < -0.39 is 12.8 Å². The van der Waals surface area contributed by atoms with Crippen molar-refractivity contribution in [3.05, 3.63) is 35.4 Å². The van der Waals surface area contributed by atoms with Crippen LogP contribution in [-0.4, -0.2) is 24.3 Å². The molecule has 1 aromatic carbocycles. The predicted octanol–water partition coefficient (Wildman–Crippen LogP) is 3.59. The van der Waals surface area contributed by atoms with Crippen LogP contribution in [0.5, 0.6) is 0 Å². The van der Waals surface area contributed by atoms with Gasteiger partial charge in [0, 0.05) is 5.54 Å². The average molecular weight is 445 g/mol. The fraction of sp³-hybridized carbons (Fsp3) is 0.533. The van der Waals surface area contributed by atoms with Gasteiger partial charge in [0.25, 0.3) is 0 Å². The fourth-order valence-corrected chi connectivity index (χ4v) is 1.70. The van der Waals surface area contributed by atoms with Gasteiger partial charge >= 0.3 is 6.18 Å². The third kappa shape index (κ3) is 11.2. The lowest BCUT2D eigenvalue weighted by atomic mass is 10.1. The Balaban J connectivity index is 0.00000484. The molecule has 23 heavy (non-hydrogen) atoms. The quantitative estimate of drug-likeness (QED) is 0.414. The van der Waals surface area contributed by atoms with Crippen LogP contribution in [-0.2, 0) is 17.9 Å². The van der Waals surface area contributed by atoms with Gasteiger partial charge in [0.1, 0.15) is 6.61 Å². The molecule has 0 bridgehead atoms. The van der Waals surface area contributed by atoms with Crippen molar-refractivity contribution in [2.45, 2.75) is 45.6 Å². The highest BCUT2D eigenvalue weighted by molar-refractivity contribution is 14.0. The van der Waals surface area contributed by atoms with Crippen LogP contribution in [0.2, 0.25) is 0 Å². The van der Waals surface area contributed by atoms with E-state index in [1.165, 1.54) is 0 Å². The van der Waals surface area contributed by atoms with Gasteiger partial charge in [-0.05, 0) is 31.9 Å². The van der Waals surface area contributed by atoms with E-state index >= 15 is 0 Å². The maximum Gasteiger partial charge on any atom is 0.411 e. The number of hydrogen-bond acceptors (Lipinski definition) is 2. The molecule has 0 saturated carbocycles. The summed E-state index contributed by atoms with van der Waals surface area (Å²) in [5, 5.41) is 3.03. The summed E-state index contributed by atoms with van der Waals surface area (Å²) in [7, 11) is 0. The molecule has 0 heterocycles. The van der Waals surface area contributed by atoms with Crippen LogP contribution in [0.1, 0.15) is 31.9 Å². The van der Waals surface area contributed by atoms with Crippen molar-refractivity contribution < 1.29 is 17.9 Å². The van der Waals surface area contributed by atoms with Gasteiger partial charge in [-0.25, -0.2) is 4.99 Å². The first kappa shape index (κ1) is 22.0. The second-order valence-electron chi connectivity index (χ2n) is 6.00. The summed E-state index contributed by atoms with van der Waals surface area (Å²) in [4.78, 5) is 4.20. The molecule has 0 fully saturated rings. The van der Waals surface area contributed by atoms with E-state index in [2.05, 4.69) is 15.0 Å². The van der Waals surface area contributed by atoms with Gasteiger partial charge in [0.15, 0.2) is 5.96 Å². The third-order valence-electron chi connectivity index (χ3n) is 2.46. The summed E-state index contributed by atoms with van der Waals surface area (Å²) in [5.41, 5.74) is 7.10. The van der Waals surface area contributed by atoms with Crippen molar-refractivity contribution in [1.29, 1.82) is 0 Å². The molecule has 4 nitrogen and oxygen atoms in total. The van der Waals surface area contributed by atoms with E-state index in [0.717, 1.165) is 5.56 Å². The van der Waals surface area contributed by atoms with E-state index in [9.17, 15) is 13.2 Å². The molecule has 0 amide bonds. The number of ether oxygens (including phenoxy) is 1. The second-order valence-corrected chi connectivity index (χ2v) is 6.00. The Bertz CT molecular complexity index is 513. The smallest absolute Gasteiger partial charge is 0.370 e. The minimum absolute atomic E-state index is 0. The van der Waals surface area contributed by atoms with Crippen LogP contribution in [0.15, 0.2) is 29.3 Å². The van der Waals surface area contributed by atoms with Gasteiger partial charge in [0.2, 0.25) is 0 Å². The van der Waals surface area contributed by atoms with Gasteiger partial charge in [-0.2, -0.15) is 13.2 Å². The third-order valence-corrected chi connectivity index (χ3v) is 2.46. The Labute approximate surface area is 151 Å². The van der Waals surface area contributed by atoms with Crippen molar-refractivity contribution in [2.24, 2.45) is 10.7 Å². The van der Waals surface area contributed by atoms with Crippen LogP contribution >= 0.6 is 24.0 Å². The molecular formula is C15H23F3IN3O. The molecule has 3 N–H and O–H groups in total. The van der Waals surface area contributed by atoms with E-state index in [1.54, 1.807) is 18.2 Å². The number of nitrogens with two attached hydrogens (primary N) is 1. The average Bonchev–Trinajstić information content (AvgIpc) is 2.33. The van der Waals surface area contributed by atoms with E-state index in [4.69, 9.17) is 5.73 Å². The topological polar surface area (TPSA) is 59.6 Å². The summed E-state index contributed by atoms with van der Waals surface area (Å²) in [6, 6.07) is 7.05. The lowest BCUT2D eigenvalue weighted by molar-refractivity contribution is -0.176. The van der Waals surface area contributed by atoms with Crippen LogP contribution in [0.25, 0.3) is 0 Å². The normalized spacial score (nSPS) is 12.7. The van der Waals surface area contributed by atoms with Crippen molar-refractivity contribution in [2.75, 3.05) is 6.61 Å². The van der Waals surface area contributed by atoms with Crippen LogP contribution in [0.4, 0.5) is 13.2 Å². The van der Waals surface area contributed by atoms with Crippen LogP contribution in [0, 0.1) is 0 Å². The van der Waals surface area contributed by atoms with Gasteiger partial charge in [-0.15, -0.1) is 24.0 Å². The number of alkyl halides is 3. The van der Waals surface area contributed by atoms with E-state index in [-0.39, 0.29) is 36.1 Å². The first-order valence-electron chi connectivity index (χ1n) is 6.85. The molecule has 0 spiro atoms. The molecule has 1 aromatic rings. The zero-order valence-corrected chi connectivity index (χ0v) is 15.7. The van der Waals surface area contributed by atoms with Gasteiger partial charge in [0.05, 0.1) is 13.2 Å². The first-order valence-corrected chi connectivity index (χ1v) is 6.85. The number of guanidine groups is 1. The summed E-state index contributed by atoms with van der Waals surface area (Å²) < 4.78 is 40.7. The minimum Gasteiger partial charge on any atom is -0.370 e. The first-order chi connectivity index (χ1) is 10.1. The second kappa shape index (κ2) is 9.31. The molecule has 0 radical (unpaired) electrons. The molecule has 0 saturated heterocycles. The number of aliphatic imine (C=N–C) groups is 1. The Morgan fingerprint density at radius 2 is 1.83 bits per heavy atom. The number of benzene rings is 1. The Morgan fingerprint density at radius 1 is 1.22 bits per heavy atom. The highest BCUT2D eigenvalue weighted by Gasteiger charge is 2.27. The maximum absolute atomic E-state index is 12.0. The summed E-state index contributed by atoms with van der Waals surface area (Å²) in [6.07, 6.45) is -4.31. The number of rotatable bonds is 5. The maximum atomic E-state index is 12.0. The van der Waals surface area contributed by atoms with Crippen LogP contribution < -0.4 is 11.1 Å². The highest BCUT2D eigenvalue weighted by Crippen LogP contribution is 2.16. The number of halogens is 4. The molecule has 1 rings (SSSR count). The molecule has 0 aromatic heterocycles. The molecule has 8 heteroatoms. The minimum atomic E-state index is -4.31. The van der Waals surface area contributed by atoms with Crippen molar-refractivity contribution >= 4 is 29.9 Å². The lowest BCUT2D eigenvalue weighted by Gasteiger charge is -2.21. The Kier molecular flexibility index (Phi) is 8.89. The number of nitrogens with one attached hydrogen (secondary N) is 1. The lowest BCUT2D eigenvalue weighted by Crippen LogP contribution is -2.44. The molecule has 0 aliphatic rings. The number of hydrogen-bond donors (Lipinski definition) is 2. The Morgan fingerprint density at radius 3 is 2.39 bits per heavy atom. The fourth-order valence-electron chi connectivity index (χ4n) is 1.70. The standard InChI is InChI=1S/C15H22F3N3O.HI/c1-14(2,3)21-13(19)20-8-11-5-4-6-12(7-11)9-22-10-15(16,17)18;/h4-7H,8-10H2,1-3H3,(H3,19,20,21);1H. The van der Waals surface area contributed by atoms with Crippen LogP contribution in [0.3, 0.4) is 0 Å². The zero-order chi connectivity index (χ0) is 16.8.